The van der Waals surface area contributed by atoms with Gasteiger partial charge in [0.25, 0.3) is 0 Å². The summed E-state index contributed by atoms with van der Waals surface area (Å²) in [5, 5.41) is 0. The van der Waals surface area contributed by atoms with E-state index in [4.69, 9.17) is 22.2 Å². The normalized spacial score (nSPS) is 28.5. The van der Waals surface area contributed by atoms with Crippen LogP contribution in [0.1, 0.15) is 0 Å². The third-order valence-corrected chi connectivity index (χ3v) is 8.64. The van der Waals surface area contributed by atoms with Crippen LogP contribution in [0.5, 0.6) is 0 Å². The molecule has 0 atom stereocenters. The molecule has 1 rings (SSSR count). The molecule has 0 aromatic rings. The van der Waals surface area contributed by atoms with E-state index in [0.29, 0.717) is 0 Å². The second kappa shape index (κ2) is 3.93. The van der Waals surface area contributed by atoms with Gasteiger partial charge in [-0.05, 0) is 28.2 Å². The van der Waals surface area contributed by atoms with Crippen molar-refractivity contribution in [3.05, 3.63) is 0 Å². The smallest absolute Gasteiger partial charge is 0.241 e. The van der Waals surface area contributed by atoms with E-state index in [9.17, 15) is 0 Å². The number of hydrogen-bond donors (Lipinski definition) is 0. The van der Waals surface area contributed by atoms with Crippen molar-refractivity contribution in [3.63, 3.8) is 0 Å². The maximum absolute atomic E-state index is 6.20. The second-order valence-electron chi connectivity index (χ2n) is 2.63. The summed E-state index contributed by atoms with van der Waals surface area (Å²) >= 11 is 12.4. The van der Waals surface area contributed by atoms with Crippen LogP contribution < -0.4 is 0 Å². The van der Waals surface area contributed by atoms with Crippen LogP contribution in [0.4, 0.5) is 0 Å². The van der Waals surface area contributed by atoms with Crippen molar-refractivity contribution in [1.29, 1.82) is 0 Å². The topological polar surface area (TPSA) is 13.0 Å². The summed E-state index contributed by atoms with van der Waals surface area (Å²) in [5.74, 6) is 0. The average molecular weight is 243 g/mol. The average Bonchev–Trinajstić information content (AvgIpc) is 2.08. The van der Waals surface area contributed by atoms with Crippen molar-refractivity contribution in [2.24, 2.45) is 0 Å². The summed E-state index contributed by atoms with van der Waals surface area (Å²) in [4.78, 5) is 0. The molecule has 1 aliphatic heterocycles. The van der Waals surface area contributed by atoms with Crippen LogP contribution in [0.3, 0.4) is 0 Å². The minimum absolute atomic E-state index is 1.15. The van der Waals surface area contributed by atoms with Gasteiger partial charge in [0.05, 0.1) is 0 Å². The summed E-state index contributed by atoms with van der Waals surface area (Å²) in [6.07, 6.45) is 0. The minimum Gasteiger partial charge on any atom is -0.241 e. The summed E-state index contributed by atoms with van der Waals surface area (Å²) in [6, 6.07) is 0. The zero-order chi connectivity index (χ0) is 9.46. The quantitative estimate of drug-likeness (QED) is 0.439. The van der Waals surface area contributed by atoms with E-state index in [-0.39, 0.29) is 0 Å². The first-order valence-corrected chi connectivity index (χ1v) is 8.27. The Labute approximate surface area is 86.1 Å². The van der Waals surface area contributed by atoms with Gasteiger partial charge < -0.3 is 0 Å². The molecule has 0 aliphatic carbocycles. The van der Waals surface area contributed by atoms with Crippen molar-refractivity contribution in [2.75, 3.05) is 28.2 Å². The highest BCUT2D eigenvalue weighted by atomic mass is 35.6. The summed E-state index contributed by atoms with van der Waals surface area (Å²) in [6.45, 7) is 0. The molecule has 70 valence electrons. The fourth-order valence-corrected chi connectivity index (χ4v) is 6.00. The van der Waals surface area contributed by atoms with E-state index in [1.54, 1.807) is 0 Å². The molecular weight excluding hydrogens is 231 g/mol. The molecule has 0 aromatic heterocycles. The van der Waals surface area contributed by atoms with Crippen LogP contribution in [-0.4, -0.2) is 63.7 Å². The van der Waals surface area contributed by atoms with E-state index in [0.717, 1.165) is 0 Å². The fourth-order valence-electron chi connectivity index (χ4n) is 0.914. The van der Waals surface area contributed by atoms with Crippen LogP contribution >= 0.6 is 22.2 Å². The standard InChI is InChI=1S/C4H12Cl2N4Si2/c1-7-8(2)12(6)10(4)9(3)11(7)5/h1-4H3. The van der Waals surface area contributed by atoms with Gasteiger partial charge >= 0.3 is 16.9 Å². The SMILES string of the molecule is CN1N(C)[Si](Cl)N(C)N(C)[Si]1Cl. The molecule has 0 aromatic carbocycles. The number of rotatable bonds is 0. The van der Waals surface area contributed by atoms with Gasteiger partial charge in [0.2, 0.25) is 0 Å². The zero-order valence-corrected chi connectivity index (χ0v) is 11.1. The second-order valence-corrected chi connectivity index (χ2v) is 8.33. The molecule has 0 spiro atoms. The Morgan fingerprint density at radius 3 is 1.00 bits per heavy atom. The Bertz CT molecular complexity index is 115. The lowest BCUT2D eigenvalue weighted by Crippen LogP contribution is -2.70. The molecule has 1 saturated heterocycles. The first-order valence-electron chi connectivity index (χ1n) is 3.46. The van der Waals surface area contributed by atoms with Crippen molar-refractivity contribution in [3.8, 4) is 0 Å². The predicted octanol–water partition coefficient (Wildman–Crippen LogP) is 0.00460. The Balaban J connectivity index is 2.76. The predicted molar refractivity (Wildman–Crippen MR) is 54.3 cm³/mol. The molecule has 2 radical (unpaired) electrons. The molecule has 12 heavy (non-hydrogen) atoms. The highest BCUT2D eigenvalue weighted by Gasteiger charge is 2.41. The molecule has 0 N–H and O–H groups in total. The van der Waals surface area contributed by atoms with Crippen LogP contribution in [0.2, 0.25) is 0 Å². The number of nitrogens with zero attached hydrogens (tertiary/aromatic N) is 4. The monoisotopic (exact) mass is 242 g/mol. The molecule has 0 amide bonds. The Kier molecular flexibility index (Phi) is 3.58. The number of hydrazine groups is 2. The van der Waals surface area contributed by atoms with Crippen molar-refractivity contribution >= 4 is 39.0 Å². The lowest BCUT2D eigenvalue weighted by atomic mass is 11.4. The van der Waals surface area contributed by atoms with Gasteiger partial charge in [0, 0.05) is 0 Å². The van der Waals surface area contributed by atoms with Crippen molar-refractivity contribution in [2.45, 2.75) is 0 Å². The summed E-state index contributed by atoms with van der Waals surface area (Å²) < 4.78 is 8.09. The van der Waals surface area contributed by atoms with Crippen molar-refractivity contribution in [1.82, 2.24) is 18.7 Å². The Morgan fingerprint density at radius 2 is 0.833 bits per heavy atom. The van der Waals surface area contributed by atoms with E-state index < -0.39 is 16.9 Å². The maximum Gasteiger partial charge on any atom is 0.371 e. The zero-order valence-electron chi connectivity index (χ0n) is 7.54. The van der Waals surface area contributed by atoms with E-state index in [1.807, 2.05) is 46.9 Å². The molecule has 4 nitrogen and oxygen atoms in total. The molecule has 1 heterocycles. The molecule has 0 saturated carbocycles. The third kappa shape index (κ3) is 1.71. The van der Waals surface area contributed by atoms with Crippen LogP contribution in [-0.2, 0) is 0 Å². The summed E-state index contributed by atoms with van der Waals surface area (Å²) in [7, 11) is 5.59. The molecule has 0 unspecified atom stereocenters. The van der Waals surface area contributed by atoms with Gasteiger partial charge in [0.15, 0.2) is 0 Å². The Hall–Kier alpha value is 0.854. The minimum atomic E-state index is -1.15. The van der Waals surface area contributed by atoms with E-state index in [2.05, 4.69) is 0 Å². The van der Waals surface area contributed by atoms with Crippen LogP contribution in [0.25, 0.3) is 0 Å². The van der Waals surface area contributed by atoms with Crippen LogP contribution in [0.15, 0.2) is 0 Å². The largest absolute Gasteiger partial charge is 0.371 e. The number of hydrogen-bond acceptors (Lipinski definition) is 4. The first kappa shape index (κ1) is 10.9. The van der Waals surface area contributed by atoms with Gasteiger partial charge in [-0.2, -0.15) is 0 Å². The number of halogens is 2. The van der Waals surface area contributed by atoms with Gasteiger partial charge in [0.1, 0.15) is 0 Å². The lowest BCUT2D eigenvalue weighted by molar-refractivity contribution is 0.0987. The maximum atomic E-state index is 6.20. The van der Waals surface area contributed by atoms with Gasteiger partial charge in [-0.15, -0.1) is 22.2 Å². The lowest BCUT2D eigenvalue weighted by Gasteiger charge is -2.47. The van der Waals surface area contributed by atoms with Crippen LogP contribution in [0, 0.1) is 0 Å². The third-order valence-electron chi connectivity index (χ3n) is 1.97. The molecule has 8 heteroatoms. The molecule has 0 bridgehead atoms. The van der Waals surface area contributed by atoms with Gasteiger partial charge in [-0.25, -0.2) is 18.7 Å². The van der Waals surface area contributed by atoms with Gasteiger partial charge in [-0.3, -0.25) is 0 Å². The van der Waals surface area contributed by atoms with Gasteiger partial charge in [-0.1, -0.05) is 0 Å². The highest BCUT2D eigenvalue weighted by Crippen LogP contribution is 2.18. The molecular formula is C4H12Cl2N4Si2. The van der Waals surface area contributed by atoms with E-state index >= 15 is 0 Å². The fraction of sp³-hybridized carbons (Fsp3) is 1.00. The molecule has 1 fully saturated rings. The molecule has 1 aliphatic rings. The van der Waals surface area contributed by atoms with E-state index in [1.165, 1.54) is 0 Å². The first-order chi connectivity index (χ1) is 5.46. The highest BCUT2D eigenvalue weighted by molar-refractivity contribution is 7.08. The Morgan fingerprint density at radius 1 is 0.667 bits per heavy atom. The summed E-state index contributed by atoms with van der Waals surface area (Å²) in [5.41, 5.74) is 0. The van der Waals surface area contributed by atoms with Crippen molar-refractivity contribution < 1.29 is 0 Å².